The number of rotatable bonds is 18. The highest BCUT2D eigenvalue weighted by molar-refractivity contribution is 7.81. The first kappa shape index (κ1) is 54.5. The van der Waals surface area contributed by atoms with Crippen LogP contribution in [0.5, 0.6) is 0 Å². The quantitative estimate of drug-likeness (QED) is 0.0567. The molecule has 4 aliphatic heterocycles. The van der Waals surface area contributed by atoms with E-state index in [1.165, 1.54) is 0 Å². The van der Waals surface area contributed by atoms with E-state index in [9.17, 15) is 104 Å². The summed E-state index contributed by atoms with van der Waals surface area (Å²) in [5, 5.41) is 98.2. The highest BCUT2D eigenvalue weighted by atomic mass is 32.3. The summed E-state index contributed by atoms with van der Waals surface area (Å²) < 4.78 is 151. The normalized spacial score (nSPS) is 40.7. The van der Waals surface area contributed by atoms with Crippen molar-refractivity contribution in [3.63, 3.8) is 0 Å². The molecule has 37 heteroatoms. The SMILES string of the molecule is CC(=O)N[C@H]1[C@H](O[C@H]2[C@H](O)[C@@H](O)[C@H](O[C@H]3[C@@H](OS(=O)(=O)O)[C@@H](CO)OC(O)[C@@H]3NC(C)=O)O[C@@H]2C(=O)O)O[C@H](CO)[C@H](OS(=O)(=O)O)[C@@H]1O[C@H]1O[C@@H](C(=O)O)[C@@H](O)[C@H](O)[C@H]1OS(=O)(=O)O. The Labute approximate surface area is 364 Å². The van der Waals surface area contributed by atoms with Gasteiger partial charge in [0.25, 0.3) is 0 Å². The summed E-state index contributed by atoms with van der Waals surface area (Å²) in [4.78, 5) is 49.2. The van der Waals surface area contributed by atoms with Crippen LogP contribution in [0.25, 0.3) is 0 Å². The Kier molecular flexibility index (Phi) is 18.0. The number of ether oxygens (including phenoxy) is 7. The first-order chi connectivity index (χ1) is 29.9. The Morgan fingerprint density at radius 3 is 1.35 bits per heavy atom. The van der Waals surface area contributed by atoms with E-state index in [2.05, 4.69) is 23.2 Å². The van der Waals surface area contributed by atoms with E-state index in [0.717, 1.165) is 13.8 Å². The molecule has 4 saturated heterocycles. The molecule has 34 nitrogen and oxygen atoms in total. The number of aliphatic hydroxyl groups excluding tert-OH is 7. The van der Waals surface area contributed by atoms with E-state index in [1.807, 2.05) is 0 Å². The molecule has 0 radical (unpaired) electrons. The molecule has 0 aromatic heterocycles. The van der Waals surface area contributed by atoms with Gasteiger partial charge < -0.3 is 89.8 Å². The van der Waals surface area contributed by atoms with E-state index in [1.54, 1.807) is 0 Å². The second-order valence-electron chi connectivity index (χ2n) is 14.2. The summed E-state index contributed by atoms with van der Waals surface area (Å²) in [6, 6.07) is -4.26. The van der Waals surface area contributed by atoms with Crippen molar-refractivity contribution in [3.05, 3.63) is 0 Å². The molecule has 0 saturated carbocycles. The zero-order valence-corrected chi connectivity index (χ0v) is 35.2. The number of hydrogen-bond donors (Lipinski definition) is 14. The fourth-order valence-corrected chi connectivity index (χ4v) is 8.52. The van der Waals surface area contributed by atoms with Crippen LogP contribution in [0.15, 0.2) is 0 Å². The molecule has 1 unspecified atom stereocenters. The monoisotopic (exact) mass is 1020 g/mol. The average Bonchev–Trinajstić information content (AvgIpc) is 3.16. The van der Waals surface area contributed by atoms with Crippen molar-refractivity contribution in [2.75, 3.05) is 13.2 Å². The zero-order chi connectivity index (χ0) is 49.3. The fraction of sp³-hybridized carbons (Fsp3) is 0.857. The summed E-state index contributed by atoms with van der Waals surface area (Å²) in [7, 11) is -17.0. The number of amides is 2. The molecule has 0 aromatic rings. The van der Waals surface area contributed by atoms with Crippen molar-refractivity contribution in [3.8, 4) is 0 Å². The standard InChI is InChI=1S/C28H44N2O32S3/c1-5(33)29-9-17(15(60-63(44,45)46)7(3-31)53-25(9)43)55-27-14(38)13(37)19(22(59-27)24(41)42)57-26-10(30-6(2)34)18(16(8(4-32)54-26)61-64(47,48)49)56-28-21(62-65(50,51)52)12(36)11(35)20(58-28)23(39)40/h7-22,25-28,31-32,35-38,43H,3-4H2,1-2H3,(H,29,33)(H,30,34)(H,39,40)(H,41,42)(H,44,45,46)(H,47,48,49)(H,50,51,52)/t7-,8-,9-,10-,11+,12+,13-,14-,15+,16+,17-,18-,19+,20-,21-,22+,25?,26+,27-,28+/m1/s1. The number of carbonyl (C=O) groups excluding carboxylic acids is 2. The number of carboxylic acid groups (broad SMARTS) is 2. The van der Waals surface area contributed by atoms with Gasteiger partial charge >= 0.3 is 43.1 Å². The number of carboxylic acids is 2. The van der Waals surface area contributed by atoms with Gasteiger partial charge in [-0.05, 0) is 0 Å². The molecule has 14 N–H and O–H groups in total. The van der Waals surface area contributed by atoms with Crippen LogP contribution in [0.1, 0.15) is 13.8 Å². The van der Waals surface area contributed by atoms with Crippen LogP contribution < -0.4 is 10.6 Å². The zero-order valence-electron chi connectivity index (χ0n) is 32.7. The molecule has 4 rings (SSSR count). The molecular formula is C28H44N2O32S3. The summed E-state index contributed by atoms with van der Waals surface area (Å²) in [5.74, 6) is -6.33. The van der Waals surface area contributed by atoms with Gasteiger partial charge in [-0.1, -0.05) is 0 Å². The molecule has 0 aliphatic carbocycles. The first-order valence-electron chi connectivity index (χ1n) is 18.0. The van der Waals surface area contributed by atoms with E-state index >= 15 is 0 Å². The predicted octanol–water partition coefficient (Wildman–Crippen LogP) is -9.80. The van der Waals surface area contributed by atoms with Crippen molar-refractivity contribution in [2.45, 2.75) is 137 Å². The van der Waals surface area contributed by atoms with Crippen LogP contribution in [-0.4, -0.2) is 245 Å². The van der Waals surface area contributed by atoms with Crippen LogP contribution in [-0.2, 0) is 96.1 Å². The topological polar surface area (TPSA) is 530 Å². The summed E-state index contributed by atoms with van der Waals surface area (Å²) in [6.07, 6.45) is -44.5. The summed E-state index contributed by atoms with van der Waals surface area (Å²) in [5.41, 5.74) is 0. The first-order valence-corrected chi connectivity index (χ1v) is 22.1. The lowest BCUT2D eigenvalue weighted by molar-refractivity contribution is -0.366. The molecule has 4 heterocycles. The third kappa shape index (κ3) is 13.8. The van der Waals surface area contributed by atoms with Crippen molar-refractivity contribution < 1.29 is 150 Å². The molecule has 0 spiro atoms. The van der Waals surface area contributed by atoms with Crippen LogP contribution in [0.2, 0.25) is 0 Å². The minimum Gasteiger partial charge on any atom is -0.479 e. The second-order valence-corrected chi connectivity index (χ2v) is 17.3. The summed E-state index contributed by atoms with van der Waals surface area (Å²) in [6.45, 7) is -0.993. The van der Waals surface area contributed by atoms with E-state index in [0.29, 0.717) is 0 Å². The highest BCUT2D eigenvalue weighted by Crippen LogP contribution is 2.37. The Morgan fingerprint density at radius 1 is 0.492 bits per heavy atom. The maximum atomic E-state index is 12.7. The van der Waals surface area contributed by atoms with Gasteiger partial charge in [-0.25, -0.2) is 22.1 Å². The van der Waals surface area contributed by atoms with Crippen molar-refractivity contribution in [1.82, 2.24) is 10.6 Å². The Balaban J connectivity index is 1.78. The van der Waals surface area contributed by atoms with E-state index in [4.69, 9.17) is 33.2 Å². The predicted molar refractivity (Wildman–Crippen MR) is 189 cm³/mol. The van der Waals surface area contributed by atoms with Crippen molar-refractivity contribution >= 4 is 54.9 Å². The second kappa shape index (κ2) is 21.5. The van der Waals surface area contributed by atoms with Gasteiger partial charge in [-0.2, -0.15) is 25.3 Å². The molecule has 4 fully saturated rings. The third-order valence-electron chi connectivity index (χ3n) is 9.56. The molecule has 0 bridgehead atoms. The van der Waals surface area contributed by atoms with Gasteiger partial charge in [0.2, 0.25) is 11.8 Å². The van der Waals surface area contributed by atoms with Crippen LogP contribution >= 0.6 is 0 Å². The van der Waals surface area contributed by atoms with Crippen LogP contribution in [0, 0.1) is 0 Å². The van der Waals surface area contributed by atoms with Crippen molar-refractivity contribution in [1.29, 1.82) is 0 Å². The summed E-state index contributed by atoms with van der Waals surface area (Å²) >= 11 is 0. The number of carbonyl (C=O) groups is 4. The van der Waals surface area contributed by atoms with Crippen LogP contribution in [0.3, 0.4) is 0 Å². The Morgan fingerprint density at radius 2 is 0.892 bits per heavy atom. The Bertz CT molecular complexity index is 2040. The lowest BCUT2D eigenvalue weighted by atomic mass is 9.94. The lowest BCUT2D eigenvalue weighted by Crippen LogP contribution is -2.71. The van der Waals surface area contributed by atoms with Gasteiger partial charge in [-0.3, -0.25) is 23.2 Å². The number of nitrogens with one attached hydrogen (secondary N) is 2. The fourth-order valence-electron chi connectivity index (χ4n) is 7.00. The molecular weight excluding hydrogens is 972 g/mol. The minimum absolute atomic E-state index is 0.749. The molecule has 2 amide bonds. The molecule has 20 atom stereocenters. The minimum atomic E-state index is -5.73. The lowest BCUT2D eigenvalue weighted by Gasteiger charge is -2.50. The number of aliphatic hydroxyl groups is 7. The molecule has 0 aromatic carbocycles. The third-order valence-corrected chi connectivity index (χ3v) is 11.0. The van der Waals surface area contributed by atoms with Gasteiger partial charge in [0.1, 0.15) is 79.2 Å². The van der Waals surface area contributed by atoms with Gasteiger partial charge in [0, 0.05) is 13.8 Å². The number of hydrogen-bond acceptors (Lipinski definition) is 27. The van der Waals surface area contributed by atoms with Gasteiger partial charge in [-0.15, -0.1) is 0 Å². The maximum absolute atomic E-state index is 12.7. The smallest absolute Gasteiger partial charge is 0.397 e. The van der Waals surface area contributed by atoms with Gasteiger partial charge in [0.15, 0.2) is 43.5 Å². The molecule has 376 valence electrons. The van der Waals surface area contributed by atoms with E-state index in [-0.39, 0.29) is 0 Å². The largest absolute Gasteiger partial charge is 0.479 e. The molecule has 65 heavy (non-hydrogen) atoms. The maximum Gasteiger partial charge on any atom is 0.397 e. The Hall–Kier alpha value is -3.07. The number of aliphatic carboxylic acids is 2. The molecule has 4 aliphatic rings. The van der Waals surface area contributed by atoms with Crippen molar-refractivity contribution in [2.24, 2.45) is 0 Å². The van der Waals surface area contributed by atoms with Crippen LogP contribution in [0.4, 0.5) is 0 Å². The average molecular weight is 1020 g/mol. The highest BCUT2D eigenvalue weighted by Gasteiger charge is 2.59. The van der Waals surface area contributed by atoms with E-state index < -0.39 is 191 Å². The van der Waals surface area contributed by atoms with Gasteiger partial charge in [0.05, 0.1) is 13.2 Å².